The Labute approximate surface area is 299 Å². The number of para-hydroxylation sites is 3. The van der Waals surface area contributed by atoms with Crippen molar-refractivity contribution in [3.63, 3.8) is 0 Å². The van der Waals surface area contributed by atoms with E-state index in [0.29, 0.717) is 5.56 Å². The van der Waals surface area contributed by atoms with E-state index in [2.05, 4.69) is 179 Å². The highest BCUT2D eigenvalue weighted by Gasteiger charge is 2.19. The highest BCUT2D eigenvalue weighted by molar-refractivity contribution is 6.26. The second kappa shape index (κ2) is 10.9. The molecule has 0 unspecified atom stereocenters. The molecule has 0 radical (unpaired) electrons. The molecule has 0 aliphatic carbocycles. The Balaban J connectivity index is 1.16. The Hall–Kier alpha value is -7.15. The predicted molar refractivity (Wildman–Crippen MR) is 218 cm³/mol. The average molecular weight is 660 g/mol. The van der Waals surface area contributed by atoms with Gasteiger partial charge in [0.15, 0.2) is 0 Å². The molecule has 52 heavy (non-hydrogen) atoms. The first-order valence-electron chi connectivity index (χ1n) is 17.7. The zero-order chi connectivity index (χ0) is 34.3. The standard InChI is InChI=1S/C49H29N3/c50-30-31-21-24-38-39-25-23-34(29-43(39)37-14-5-4-13-36(37)42(38)27-31)52-45-18-8-6-15-40(45)44-28-32(22-26-47(44)52)35-17-10-20-48-49(35)41-16-7-9-19-46(41)51(48)33-11-2-1-3-12-33/h1-29H. The van der Waals surface area contributed by atoms with E-state index in [1.165, 1.54) is 70.9 Å². The smallest absolute Gasteiger partial charge is 0.0991 e. The maximum atomic E-state index is 9.66. The minimum absolute atomic E-state index is 0.677. The summed E-state index contributed by atoms with van der Waals surface area (Å²) in [5.41, 5.74) is 10.1. The van der Waals surface area contributed by atoms with E-state index in [1.54, 1.807) is 0 Å². The number of aromatic nitrogens is 2. The quantitative estimate of drug-likeness (QED) is 0.174. The van der Waals surface area contributed by atoms with Crippen LogP contribution < -0.4 is 0 Å². The molecule has 0 N–H and O–H groups in total. The second-order valence-electron chi connectivity index (χ2n) is 13.6. The Morgan fingerprint density at radius 3 is 1.69 bits per heavy atom. The number of nitrogens with zero attached hydrogens (tertiary/aromatic N) is 3. The molecule has 11 aromatic rings. The van der Waals surface area contributed by atoms with E-state index < -0.39 is 0 Å². The lowest BCUT2D eigenvalue weighted by Crippen LogP contribution is -1.95. The zero-order valence-corrected chi connectivity index (χ0v) is 28.1. The summed E-state index contributed by atoms with van der Waals surface area (Å²) in [5.74, 6) is 0. The largest absolute Gasteiger partial charge is 0.309 e. The van der Waals surface area contributed by atoms with Gasteiger partial charge < -0.3 is 9.13 Å². The second-order valence-corrected chi connectivity index (χ2v) is 13.6. The third kappa shape index (κ3) is 4.01. The summed E-state index contributed by atoms with van der Waals surface area (Å²) in [6, 6.07) is 65.6. The first kappa shape index (κ1) is 28.7. The summed E-state index contributed by atoms with van der Waals surface area (Å²) in [4.78, 5) is 0. The molecular weight excluding hydrogens is 631 g/mol. The van der Waals surface area contributed by atoms with Crippen molar-refractivity contribution in [3.8, 4) is 28.6 Å². The molecular formula is C49H29N3. The van der Waals surface area contributed by atoms with Gasteiger partial charge in [0, 0.05) is 32.9 Å². The fourth-order valence-corrected chi connectivity index (χ4v) is 8.69. The number of rotatable bonds is 3. The van der Waals surface area contributed by atoms with Gasteiger partial charge in [-0.05, 0) is 110 Å². The van der Waals surface area contributed by atoms with Crippen molar-refractivity contribution in [2.45, 2.75) is 0 Å². The van der Waals surface area contributed by atoms with Crippen LogP contribution in [0.4, 0.5) is 0 Å². The Morgan fingerprint density at radius 2 is 0.923 bits per heavy atom. The van der Waals surface area contributed by atoms with Gasteiger partial charge in [0.25, 0.3) is 0 Å². The number of benzene rings is 9. The summed E-state index contributed by atoms with van der Waals surface area (Å²) < 4.78 is 4.79. The van der Waals surface area contributed by atoms with Gasteiger partial charge in [-0.2, -0.15) is 5.26 Å². The van der Waals surface area contributed by atoms with Gasteiger partial charge in [0.05, 0.1) is 33.7 Å². The van der Waals surface area contributed by atoms with Gasteiger partial charge in [0.1, 0.15) is 0 Å². The Morgan fingerprint density at radius 1 is 0.346 bits per heavy atom. The monoisotopic (exact) mass is 659 g/mol. The van der Waals surface area contributed by atoms with Crippen molar-refractivity contribution in [2.24, 2.45) is 0 Å². The van der Waals surface area contributed by atoms with E-state index in [1.807, 2.05) is 12.1 Å². The first-order valence-corrected chi connectivity index (χ1v) is 17.7. The van der Waals surface area contributed by atoms with Crippen molar-refractivity contribution >= 4 is 75.9 Å². The van der Waals surface area contributed by atoms with Gasteiger partial charge in [-0.3, -0.25) is 0 Å². The van der Waals surface area contributed by atoms with Crippen molar-refractivity contribution in [2.75, 3.05) is 0 Å². The molecule has 0 aliphatic heterocycles. The van der Waals surface area contributed by atoms with Crippen molar-refractivity contribution in [1.82, 2.24) is 9.13 Å². The number of hydrogen-bond acceptors (Lipinski definition) is 1. The lowest BCUT2D eigenvalue weighted by molar-refractivity contribution is 1.18. The molecule has 0 amide bonds. The van der Waals surface area contributed by atoms with Crippen molar-refractivity contribution in [3.05, 3.63) is 181 Å². The van der Waals surface area contributed by atoms with Gasteiger partial charge in [-0.1, -0.05) is 109 Å². The van der Waals surface area contributed by atoms with E-state index >= 15 is 0 Å². The molecule has 2 aromatic heterocycles. The number of nitriles is 1. The molecule has 0 atom stereocenters. The van der Waals surface area contributed by atoms with Crippen LogP contribution in [0.1, 0.15) is 5.56 Å². The Kier molecular flexibility index (Phi) is 6.02. The molecule has 2 heterocycles. The van der Waals surface area contributed by atoms with Crippen LogP contribution in [0, 0.1) is 11.3 Å². The summed E-state index contributed by atoms with van der Waals surface area (Å²) in [6.45, 7) is 0. The maximum absolute atomic E-state index is 9.66. The summed E-state index contributed by atoms with van der Waals surface area (Å²) in [6.07, 6.45) is 0. The SMILES string of the molecule is N#Cc1ccc2c3ccc(-n4c5ccccc5c5cc(-c6cccc7c6c6ccccc6n7-c6ccccc6)ccc54)cc3c3ccccc3c2c1. The van der Waals surface area contributed by atoms with Crippen LogP contribution in [0.5, 0.6) is 0 Å². The molecule has 11 rings (SSSR count). The van der Waals surface area contributed by atoms with E-state index in [-0.39, 0.29) is 0 Å². The topological polar surface area (TPSA) is 33.6 Å². The number of fused-ring (bicyclic) bond motifs is 12. The summed E-state index contributed by atoms with van der Waals surface area (Å²) >= 11 is 0. The maximum Gasteiger partial charge on any atom is 0.0991 e. The third-order valence-electron chi connectivity index (χ3n) is 10.9. The van der Waals surface area contributed by atoms with Crippen LogP contribution in [-0.2, 0) is 0 Å². The summed E-state index contributed by atoms with van der Waals surface area (Å²) in [5, 5.41) is 21.6. The van der Waals surface area contributed by atoms with Gasteiger partial charge in [0.2, 0.25) is 0 Å². The van der Waals surface area contributed by atoms with Crippen LogP contribution >= 0.6 is 0 Å². The van der Waals surface area contributed by atoms with Crippen LogP contribution in [0.2, 0.25) is 0 Å². The van der Waals surface area contributed by atoms with Crippen LogP contribution in [0.3, 0.4) is 0 Å². The molecule has 0 aliphatic rings. The highest BCUT2D eigenvalue weighted by atomic mass is 15.0. The molecule has 0 saturated heterocycles. The van der Waals surface area contributed by atoms with Crippen LogP contribution in [0.15, 0.2) is 176 Å². The lowest BCUT2D eigenvalue weighted by atomic mass is 9.93. The molecule has 240 valence electrons. The molecule has 0 bridgehead atoms. The fraction of sp³-hybridized carbons (Fsp3) is 0. The molecule has 0 saturated carbocycles. The molecule has 0 spiro atoms. The Bertz CT molecular complexity index is 3280. The number of hydrogen-bond donors (Lipinski definition) is 0. The predicted octanol–water partition coefficient (Wildman–Crippen LogP) is 12.9. The van der Waals surface area contributed by atoms with E-state index in [9.17, 15) is 5.26 Å². The van der Waals surface area contributed by atoms with Gasteiger partial charge in [-0.25, -0.2) is 0 Å². The van der Waals surface area contributed by atoms with Crippen molar-refractivity contribution < 1.29 is 0 Å². The van der Waals surface area contributed by atoms with Gasteiger partial charge in [-0.15, -0.1) is 0 Å². The minimum atomic E-state index is 0.677. The van der Waals surface area contributed by atoms with Crippen molar-refractivity contribution in [1.29, 1.82) is 5.26 Å². The zero-order valence-electron chi connectivity index (χ0n) is 28.1. The molecule has 0 fully saturated rings. The average Bonchev–Trinajstić information content (AvgIpc) is 3.73. The van der Waals surface area contributed by atoms with E-state index in [0.717, 1.165) is 27.5 Å². The first-order chi connectivity index (χ1) is 25.8. The highest BCUT2D eigenvalue weighted by Crippen LogP contribution is 2.42. The van der Waals surface area contributed by atoms with Gasteiger partial charge >= 0.3 is 0 Å². The van der Waals surface area contributed by atoms with E-state index in [4.69, 9.17) is 0 Å². The summed E-state index contributed by atoms with van der Waals surface area (Å²) in [7, 11) is 0. The minimum Gasteiger partial charge on any atom is -0.309 e. The fourth-order valence-electron chi connectivity index (χ4n) is 8.69. The molecule has 9 aromatic carbocycles. The van der Waals surface area contributed by atoms with Crippen LogP contribution in [-0.4, -0.2) is 9.13 Å². The molecule has 3 heteroatoms. The molecule has 3 nitrogen and oxygen atoms in total. The lowest BCUT2D eigenvalue weighted by Gasteiger charge is -2.14. The normalized spacial score (nSPS) is 11.8. The third-order valence-corrected chi connectivity index (χ3v) is 10.9. The van der Waals surface area contributed by atoms with Crippen LogP contribution in [0.25, 0.3) is 98.4 Å².